The van der Waals surface area contributed by atoms with Crippen molar-refractivity contribution in [1.82, 2.24) is 4.90 Å². The number of amides is 2. The van der Waals surface area contributed by atoms with E-state index in [2.05, 4.69) is 15.9 Å². The summed E-state index contributed by atoms with van der Waals surface area (Å²) in [5, 5.41) is 0. The number of halogens is 3. The molecule has 1 unspecified atom stereocenters. The molecule has 0 saturated carbocycles. The van der Waals surface area contributed by atoms with Gasteiger partial charge >= 0.3 is 0 Å². The highest BCUT2D eigenvalue weighted by molar-refractivity contribution is 9.10. The van der Waals surface area contributed by atoms with Gasteiger partial charge in [0.2, 0.25) is 5.91 Å². The summed E-state index contributed by atoms with van der Waals surface area (Å²) in [6, 6.07) is 7.63. The van der Waals surface area contributed by atoms with Crippen molar-refractivity contribution in [2.75, 3.05) is 7.05 Å². The fourth-order valence-corrected chi connectivity index (χ4v) is 3.91. The van der Waals surface area contributed by atoms with Crippen LogP contribution in [0.15, 0.2) is 34.8 Å². The second-order valence-electron chi connectivity index (χ2n) is 4.51. The average Bonchev–Trinajstić information content (AvgIpc) is 2.76. The minimum atomic E-state index is -0.903. The summed E-state index contributed by atoms with van der Waals surface area (Å²) in [6.45, 7) is 0. The quantitative estimate of drug-likeness (QED) is 0.806. The molecular weight excluding hydrogens is 411 g/mol. The Hall–Kier alpha value is -1.08. The largest absolute Gasteiger partial charge is 0.368 e. The Labute approximate surface area is 149 Å². The highest BCUT2D eigenvalue weighted by Gasteiger charge is 2.29. The van der Waals surface area contributed by atoms with Crippen LogP contribution in [0.25, 0.3) is 0 Å². The van der Waals surface area contributed by atoms with Gasteiger partial charge in [-0.2, -0.15) is 0 Å². The molecule has 2 aromatic rings. The molecule has 2 N–H and O–H groups in total. The van der Waals surface area contributed by atoms with Crippen LogP contribution in [0.4, 0.5) is 0 Å². The van der Waals surface area contributed by atoms with Crippen molar-refractivity contribution in [3.63, 3.8) is 0 Å². The highest BCUT2D eigenvalue weighted by Crippen LogP contribution is 2.33. The molecule has 0 fully saturated rings. The van der Waals surface area contributed by atoms with Crippen LogP contribution in [0.5, 0.6) is 0 Å². The molecule has 0 bridgehead atoms. The zero-order valence-electron chi connectivity index (χ0n) is 11.3. The molecule has 116 valence electrons. The Morgan fingerprint density at radius 2 is 2.00 bits per heavy atom. The lowest BCUT2D eigenvalue weighted by atomic mass is 10.0. The third-order valence-corrected chi connectivity index (χ3v) is 5.01. The lowest BCUT2D eigenvalue weighted by molar-refractivity contribution is -0.122. The van der Waals surface area contributed by atoms with E-state index in [9.17, 15) is 9.59 Å². The van der Waals surface area contributed by atoms with Crippen molar-refractivity contribution in [2.24, 2.45) is 5.73 Å². The molecule has 1 aromatic heterocycles. The molecule has 1 atom stereocenters. The zero-order valence-corrected chi connectivity index (χ0v) is 15.3. The van der Waals surface area contributed by atoms with Crippen molar-refractivity contribution in [3.8, 4) is 0 Å². The monoisotopic (exact) mass is 420 g/mol. The van der Waals surface area contributed by atoms with Gasteiger partial charge in [0.25, 0.3) is 5.91 Å². The van der Waals surface area contributed by atoms with E-state index < -0.39 is 17.9 Å². The Kier molecular flexibility index (Phi) is 5.50. The van der Waals surface area contributed by atoms with Crippen molar-refractivity contribution in [2.45, 2.75) is 6.04 Å². The molecule has 0 aliphatic carbocycles. The number of hydrogen-bond donors (Lipinski definition) is 1. The minimum absolute atomic E-state index is 0.250. The van der Waals surface area contributed by atoms with E-state index >= 15 is 0 Å². The van der Waals surface area contributed by atoms with Crippen LogP contribution in [-0.2, 0) is 4.79 Å². The number of rotatable bonds is 4. The summed E-state index contributed by atoms with van der Waals surface area (Å²) >= 11 is 16.3. The third-order valence-electron chi connectivity index (χ3n) is 3.03. The number of benzene rings is 1. The van der Waals surface area contributed by atoms with Gasteiger partial charge in [0.05, 0.1) is 9.90 Å². The summed E-state index contributed by atoms with van der Waals surface area (Å²) < 4.78 is 1.47. The first-order valence-corrected chi connectivity index (χ1v) is 8.44. The van der Waals surface area contributed by atoms with Gasteiger partial charge in [0.1, 0.15) is 10.4 Å². The van der Waals surface area contributed by atoms with Crippen LogP contribution in [0.3, 0.4) is 0 Å². The molecule has 0 spiro atoms. The molecule has 0 aliphatic heterocycles. The first-order chi connectivity index (χ1) is 10.3. The second-order valence-corrected chi connectivity index (χ2v) is 7.72. The smallest absolute Gasteiger partial charge is 0.256 e. The molecule has 0 saturated heterocycles. The summed E-state index contributed by atoms with van der Waals surface area (Å²) in [6.07, 6.45) is 0. The van der Waals surface area contributed by atoms with Gasteiger partial charge in [0.15, 0.2) is 0 Å². The zero-order chi connectivity index (χ0) is 16.4. The first kappa shape index (κ1) is 17.3. The van der Waals surface area contributed by atoms with Crippen LogP contribution in [0, 0.1) is 0 Å². The normalized spacial score (nSPS) is 12.0. The first-order valence-electron chi connectivity index (χ1n) is 6.08. The third kappa shape index (κ3) is 3.63. The number of carbonyl (C=O) groups is 2. The van der Waals surface area contributed by atoms with E-state index in [1.54, 1.807) is 18.2 Å². The fourth-order valence-electron chi connectivity index (χ4n) is 2.05. The topological polar surface area (TPSA) is 63.4 Å². The summed E-state index contributed by atoms with van der Waals surface area (Å²) in [5.41, 5.74) is 6.33. The van der Waals surface area contributed by atoms with Gasteiger partial charge in [-0.3, -0.25) is 9.59 Å². The molecule has 1 heterocycles. The van der Waals surface area contributed by atoms with E-state index in [0.717, 1.165) is 15.8 Å². The van der Waals surface area contributed by atoms with Gasteiger partial charge in [0, 0.05) is 11.5 Å². The predicted octanol–water partition coefficient (Wildman–Crippen LogP) is 4.12. The SMILES string of the molecule is CN(C(=O)c1cc(Cl)sc1Cl)C(C(N)=O)c1cccc(Br)c1. The van der Waals surface area contributed by atoms with Gasteiger partial charge < -0.3 is 10.6 Å². The maximum atomic E-state index is 12.6. The highest BCUT2D eigenvalue weighted by atomic mass is 79.9. The minimum Gasteiger partial charge on any atom is -0.368 e. The Bertz CT molecular complexity index is 735. The summed E-state index contributed by atoms with van der Waals surface area (Å²) in [4.78, 5) is 25.6. The van der Waals surface area contributed by atoms with Gasteiger partial charge in [-0.05, 0) is 23.8 Å². The Morgan fingerprint density at radius 1 is 1.32 bits per heavy atom. The number of thiophene rings is 1. The van der Waals surface area contributed by atoms with Crippen LogP contribution in [-0.4, -0.2) is 23.8 Å². The standard InChI is InChI=1S/C14H11BrCl2N2O2S/c1-19(14(21)9-6-10(16)22-12(9)17)11(13(18)20)7-3-2-4-8(15)5-7/h2-6,11H,1H3,(H2,18,20). The number of nitrogens with two attached hydrogens (primary N) is 1. The maximum Gasteiger partial charge on any atom is 0.256 e. The number of nitrogens with zero attached hydrogens (tertiary/aromatic N) is 1. The lowest BCUT2D eigenvalue weighted by Gasteiger charge is -2.26. The number of hydrogen-bond acceptors (Lipinski definition) is 3. The number of carbonyl (C=O) groups excluding carboxylic acids is 2. The van der Waals surface area contributed by atoms with Crippen LogP contribution < -0.4 is 5.73 Å². The van der Waals surface area contributed by atoms with Crippen molar-refractivity contribution < 1.29 is 9.59 Å². The molecule has 4 nitrogen and oxygen atoms in total. The van der Waals surface area contributed by atoms with E-state index in [4.69, 9.17) is 28.9 Å². The van der Waals surface area contributed by atoms with Crippen LogP contribution >= 0.6 is 50.5 Å². The molecule has 0 radical (unpaired) electrons. The molecule has 0 aliphatic rings. The van der Waals surface area contributed by atoms with Crippen molar-refractivity contribution in [1.29, 1.82) is 0 Å². The van der Waals surface area contributed by atoms with Gasteiger partial charge in [-0.15, -0.1) is 11.3 Å². The van der Waals surface area contributed by atoms with E-state index in [1.807, 2.05) is 6.07 Å². The fraction of sp³-hybridized carbons (Fsp3) is 0.143. The second kappa shape index (κ2) is 7.00. The average molecular weight is 422 g/mol. The maximum absolute atomic E-state index is 12.6. The number of primary amides is 1. The molecule has 2 amide bonds. The van der Waals surface area contributed by atoms with E-state index in [-0.39, 0.29) is 9.90 Å². The summed E-state index contributed by atoms with van der Waals surface area (Å²) in [7, 11) is 1.50. The van der Waals surface area contributed by atoms with E-state index in [1.165, 1.54) is 18.0 Å². The number of likely N-dealkylation sites (N-methyl/N-ethyl adjacent to an activating group) is 1. The van der Waals surface area contributed by atoms with Crippen molar-refractivity contribution >= 4 is 62.3 Å². The van der Waals surface area contributed by atoms with Crippen LogP contribution in [0.1, 0.15) is 22.0 Å². The van der Waals surface area contributed by atoms with E-state index in [0.29, 0.717) is 9.90 Å². The predicted molar refractivity (Wildman–Crippen MR) is 92.5 cm³/mol. The lowest BCUT2D eigenvalue weighted by Crippen LogP contribution is -2.39. The molecule has 1 aromatic carbocycles. The molecular formula is C14H11BrCl2N2O2S. The molecule has 2 rings (SSSR count). The Morgan fingerprint density at radius 3 is 2.50 bits per heavy atom. The summed E-state index contributed by atoms with van der Waals surface area (Å²) in [5.74, 6) is -1.05. The molecule has 8 heteroatoms. The van der Waals surface area contributed by atoms with Crippen molar-refractivity contribution in [3.05, 3.63) is 54.6 Å². The van der Waals surface area contributed by atoms with Gasteiger partial charge in [-0.1, -0.05) is 51.3 Å². The molecule has 22 heavy (non-hydrogen) atoms. The Balaban J connectivity index is 2.38. The van der Waals surface area contributed by atoms with Gasteiger partial charge in [-0.25, -0.2) is 0 Å². The van der Waals surface area contributed by atoms with Crippen LogP contribution in [0.2, 0.25) is 8.67 Å².